The first kappa shape index (κ1) is 18.0. The summed E-state index contributed by atoms with van der Waals surface area (Å²) in [5, 5.41) is 60.8. The maximum absolute atomic E-state index is 11.0. The average Bonchev–Trinajstić information content (AvgIpc) is 2.55. The van der Waals surface area contributed by atoms with Gasteiger partial charge in [0.2, 0.25) is 0 Å². The number of nitrogens with one attached hydrogen (secondary N) is 1. The first-order valence-electron chi connectivity index (χ1n) is 6.84. The average molecular weight is 344 g/mol. The van der Waals surface area contributed by atoms with Gasteiger partial charge in [0.25, 0.3) is 5.69 Å². The molecule has 132 valence electrons. The molecule has 11 nitrogen and oxygen atoms in total. The first-order valence-corrected chi connectivity index (χ1v) is 6.84. The van der Waals surface area contributed by atoms with Gasteiger partial charge in [-0.2, -0.15) is 0 Å². The molecule has 0 saturated carbocycles. The van der Waals surface area contributed by atoms with Crippen LogP contribution in [-0.4, -0.2) is 73.7 Å². The molecule has 0 radical (unpaired) electrons. The Morgan fingerprint density at radius 1 is 1.21 bits per heavy atom. The molecule has 1 fully saturated rings. The van der Waals surface area contributed by atoms with Gasteiger partial charge in [-0.1, -0.05) is 0 Å². The van der Waals surface area contributed by atoms with Crippen molar-refractivity contribution in [2.24, 2.45) is 0 Å². The predicted octanol–water partition coefficient (Wildman–Crippen LogP) is -1.50. The maximum Gasteiger partial charge on any atom is 0.336 e. The van der Waals surface area contributed by atoms with Crippen LogP contribution in [0, 0.1) is 10.1 Å². The Kier molecular flexibility index (Phi) is 5.31. The van der Waals surface area contributed by atoms with Crippen molar-refractivity contribution in [1.82, 2.24) is 0 Å². The lowest BCUT2D eigenvalue weighted by Gasteiger charge is -2.40. The molecule has 1 saturated heterocycles. The van der Waals surface area contributed by atoms with Gasteiger partial charge in [0.1, 0.15) is 24.4 Å². The maximum atomic E-state index is 11.0. The first-order chi connectivity index (χ1) is 11.2. The molecule has 0 amide bonds. The van der Waals surface area contributed by atoms with Gasteiger partial charge in [0.05, 0.1) is 17.1 Å². The molecule has 1 aliphatic heterocycles. The van der Waals surface area contributed by atoms with E-state index in [2.05, 4.69) is 5.32 Å². The highest BCUT2D eigenvalue weighted by Gasteiger charge is 2.43. The van der Waals surface area contributed by atoms with E-state index in [9.17, 15) is 30.2 Å². The van der Waals surface area contributed by atoms with Crippen molar-refractivity contribution in [2.75, 3.05) is 11.9 Å². The summed E-state index contributed by atoms with van der Waals surface area (Å²) in [4.78, 5) is 21.1. The van der Waals surface area contributed by atoms with Gasteiger partial charge in [-0.3, -0.25) is 10.1 Å². The Hall–Kier alpha value is -2.31. The smallest absolute Gasteiger partial charge is 0.336 e. The number of nitrogens with zero attached hydrogens (tertiary/aromatic N) is 1. The van der Waals surface area contributed by atoms with Crippen molar-refractivity contribution in [1.29, 1.82) is 0 Å². The third-order valence-corrected chi connectivity index (χ3v) is 3.58. The van der Waals surface area contributed by atoms with Gasteiger partial charge in [0.15, 0.2) is 6.23 Å². The Balaban J connectivity index is 2.29. The van der Waals surface area contributed by atoms with Crippen molar-refractivity contribution in [3.05, 3.63) is 33.9 Å². The number of hydrogen-bond donors (Lipinski definition) is 6. The fraction of sp³-hybridized carbons (Fsp3) is 0.462. The second-order valence-corrected chi connectivity index (χ2v) is 5.22. The van der Waals surface area contributed by atoms with Gasteiger partial charge in [-0.25, -0.2) is 4.79 Å². The quantitative estimate of drug-likeness (QED) is 0.271. The van der Waals surface area contributed by atoms with Gasteiger partial charge in [0, 0.05) is 17.8 Å². The van der Waals surface area contributed by atoms with Crippen molar-refractivity contribution in [3.63, 3.8) is 0 Å². The molecule has 0 spiro atoms. The van der Waals surface area contributed by atoms with E-state index in [1.807, 2.05) is 0 Å². The minimum Gasteiger partial charge on any atom is -0.478 e. The molecule has 0 bridgehead atoms. The number of hydrogen-bond acceptors (Lipinski definition) is 9. The fourth-order valence-corrected chi connectivity index (χ4v) is 2.31. The Morgan fingerprint density at radius 2 is 1.88 bits per heavy atom. The monoisotopic (exact) mass is 344 g/mol. The summed E-state index contributed by atoms with van der Waals surface area (Å²) in [7, 11) is 0. The lowest BCUT2D eigenvalue weighted by atomic mass is 9.98. The lowest BCUT2D eigenvalue weighted by molar-refractivity contribution is -0.384. The summed E-state index contributed by atoms with van der Waals surface area (Å²) in [6, 6.07) is 2.96. The standard InChI is InChI=1S/C13H16N2O9/c16-4-8-9(17)10(18)11(19)12(24-8)14-6-1-5(13(20)21)2-7(3-6)15(22)23/h1-3,8-12,14,16-19H,4H2,(H,20,21)/t8-,9+,10+,11+,12-/m1/s1. The SMILES string of the molecule is O=C(O)c1cc(N[C@@H]2O[C@H](CO)[C@H](O)[C@H](O)[C@@H]2O)cc([N+](=O)[O-])c1. The summed E-state index contributed by atoms with van der Waals surface area (Å²) in [6.45, 7) is -0.640. The van der Waals surface area contributed by atoms with Crippen LogP contribution in [0.5, 0.6) is 0 Å². The van der Waals surface area contributed by atoms with Crippen LogP contribution >= 0.6 is 0 Å². The van der Waals surface area contributed by atoms with Crippen LogP contribution in [0.25, 0.3) is 0 Å². The van der Waals surface area contributed by atoms with E-state index in [1.165, 1.54) is 0 Å². The van der Waals surface area contributed by atoms with E-state index < -0.39 is 53.8 Å². The molecule has 1 aromatic carbocycles. The third kappa shape index (κ3) is 3.60. The zero-order valence-electron chi connectivity index (χ0n) is 12.1. The number of nitro benzene ring substituents is 1. The van der Waals surface area contributed by atoms with Gasteiger partial charge < -0.3 is 35.6 Å². The van der Waals surface area contributed by atoms with Gasteiger partial charge in [-0.05, 0) is 6.07 Å². The topological polar surface area (TPSA) is 183 Å². The summed E-state index contributed by atoms with van der Waals surface area (Å²) in [5.74, 6) is -1.39. The highest BCUT2D eigenvalue weighted by molar-refractivity contribution is 5.90. The molecule has 0 aliphatic carbocycles. The Labute approximate surface area is 134 Å². The van der Waals surface area contributed by atoms with Crippen LogP contribution in [0.15, 0.2) is 18.2 Å². The third-order valence-electron chi connectivity index (χ3n) is 3.58. The lowest BCUT2D eigenvalue weighted by Crippen LogP contribution is -2.60. The number of carboxylic acid groups (broad SMARTS) is 1. The summed E-state index contributed by atoms with van der Waals surface area (Å²) in [6.07, 6.45) is -7.30. The number of aliphatic hydroxyl groups is 4. The van der Waals surface area contributed by atoms with Crippen LogP contribution in [0.1, 0.15) is 10.4 Å². The van der Waals surface area contributed by atoms with Gasteiger partial charge >= 0.3 is 5.97 Å². The van der Waals surface area contributed by atoms with E-state index in [0.717, 1.165) is 18.2 Å². The van der Waals surface area contributed by atoms with Gasteiger partial charge in [-0.15, -0.1) is 0 Å². The fourth-order valence-electron chi connectivity index (χ4n) is 2.31. The van der Waals surface area contributed by atoms with E-state index in [0.29, 0.717) is 0 Å². The summed E-state index contributed by atoms with van der Waals surface area (Å²) >= 11 is 0. The molecule has 6 N–H and O–H groups in total. The molecule has 0 unspecified atom stereocenters. The molecule has 24 heavy (non-hydrogen) atoms. The number of benzene rings is 1. The number of aliphatic hydroxyl groups excluding tert-OH is 4. The van der Waals surface area contributed by atoms with E-state index in [4.69, 9.17) is 14.9 Å². The van der Waals surface area contributed by atoms with Crippen LogP contribution < -0.4 is 5.32 Å². The highest BCUT2D eigenvalue weighted by Crippen LogP contribution is 2.26. The Bertz CT molecular complexity index is 604. The largest absolute Gasteiger partial charge is 0.478 e. The molecule has 5 atom stereocenters. The molecule has 1 heterocycles. The van der Waals surface area contributed by atoms with Crippen LogP contribution in [0.3, 0.4) is 0 Å². The molecule has 2 rings (SSSR count). The van der Waals surface area contributed by atoms with Crippen molar-refractivity contribution < 1.29 is 40.0 Å². The Morgan fingerprint density at radius 3 is 2.42 bits per heavy atom. The number of nitro groups is 1. The molecular formula is C13H16N2O9. The number of aromatic carboxylic acids is 1. The van der Waals surface area contributed by atoms with Crippen molar-refractivity contribution in [3.8, 4) is 0 Å². The number of carbonyl (C=O) groups is 1. The van der Waals surface area contributed by atoms with Crippen molar-refractivity contribution >= 4 is 17.3 Å². The molecule has 11 heteroatoms. The number of rotatable bonds is 5. The number of non-ortho nitro benzene ring substituents is 1. The van der Waals surface area contributed by atoms with Crippen LogP contribution in [0.4, 0.5) is 11.4 Å². The van der Waals surface area contributed by atoms with Crippen LogP contribution in [-0.2, 0) is 4.74 Å². The van der Waals surface area contributed by atoms with E-state index in [-0.39, 0.29) is 11.3 Å². The molecule has 0 aromatic heterocycles. The highest BCUT2D eigenvalue weighted by atomic mass is 16.6. The second kappa shape index (κ2) is 7.07. The number of carboxylic acids is 1. The number of ether oxygens (including phenoxy) is 1. The van der Waals surface area contributed by atoms with E-state index in [1.54, 1.807) is 0 Å². The molecular weight excluding hydrogens is 328 g/mol. The summed E-state index contributed by atoms with van der Waals surface area (Å²) < 4.78 is 5.20. The summed E-state index contributed by atoms with van der Waals surface area (Å²) in [5.41, 5.74) is -0.913. The zero-order valence-corrected chi connectivity index (χ0v) is 12.1. The van der Waals surface area contributed by atoms with Crippen LogP contribution in [0.2, 0.25) is 0 Å². The van der Waals surface area contributed by atoms with Crippen molar-refractivity contribution in [2.45, 2.75) is 30.6 Å². The molecule has 1 aliphatic rings. The van der Waals surface area contributed by atoms with E-state index >= 15 is 0 Å². The zero-order chi connectivity index (χ0) is 18.0. The molecule has 1 aromatic rings. The predicted molar refractivity (Wildman–Crippen MR) is 77.4 cm³/mol. The minimum absolute atomic E-state index is 0.0501. The normalized spacial score (nSPS) is 29.9. The minimum atomic E-state index is -1.63. The second-order valence-electron chi connectivity index (χ2n) is 5.22. The number of anilines is 1.